The zero-order valence-electron chi connectivity index (χ0n) is 8.92. The van der Waals surface area contributed by atoms with Gasteiger partial charge in [-0.15, -0.1) is 0 Å². The van der Waals surface area contributed by atoms with Crippen LogP contribution in [0.1, 0.15) is 34.1 Å². The van der Waals surface area contributed by atoms with E-state index in [1.165, 1.54) is 0 Å². The summed E-state index contributed by atoms with van der Waals surface area (Å²) in [6.07, 6.45) is 0.687. The lowest BCUT2D eigenvalue weighted by Crippen LogP contribution is -2.29. The Kier molecular flexibility index (Phi) is 5.14. The van der Waals surface area contributed by atoms with Crippen molar-refractivity contribution in [3.63, 3.8) is 0 Å². The molecule has 0 radical (unpaired) electrons. The fraction of sp³-hybridized carbons (Fsp3) is 0.900. The smallest absolute Gasteiger partial charge is 0.136 e. The van der Waals surface area contributed by atoms with Gasteiger partial charge >= 0.3 is 0 Å². The molecule has 0 spiro atoms. The average Bonchev–Trinajstić information content (AvgIpc) is 1.98. The van der Waals surface area contributed by atoms with E-state index in [0.29, 0.717) is 18.2 Å². The Morgan fingerprint density at radius 3 is 2.08 bits per heavy atom. The van der Waals surface area contributed by atoms with Crippen LogP contribution in [0.4, 0.5) is 0 Å². The van der Waals surface area contributed by atoms with Gasteiger partial charge in [-0.3, -0.25) is 4.79 Å². The third-order valence-corrected chi connectivity index (χ3v) is 2.24. The molecular formula is C10H21NO. The van der Waals surface area contributed by atoms with Crippen LogP contribution in [0.5, 0.6) is 0 Å². The van der Waals surface area contributed by atoms with Crippen molar-refractivity contribution in [1.82, 2.24) is 4.90 Å². The van der Waals surface area contributed by atoms with Crippen LogP contribution in [-0.2, 0) is 4.79 Å². The van der Waals surface area contributed by atoms with E-state index in [1.807, 2.05) is 13.8 Å². The van der Waals surface area contributed by atoms with Gasteiger partial charge in [-0.1, -0.05) is 13.8 Å². The Morgan fingerprint density at radius 2 is 1.75 bits per heavy atom. The van der Waals surface area contributed by atoms with E-state index >= 15 is 0 Å². The number of rotatable bonds is 5. The predicted octanol–water partition coefficient (Wildman–Crippen LogP) is 1.94. The standard InChI is InChI=1S/C10H21NO/c1-8(2)10(12)6-7-11(5)9(3)4/h8-9H,6-7H2,1-5H3. The van der Waals surface area contributed by atoms with E-state index in [9.17, 15) is 4.79 Å². The quantitative estimate of drug-likeness (QED) is 0.630. The predicted molar refractivity (Wildman–Crippen MR) is 52.2 cm³/mol. The van der Waals surface area contributed by atoms with E-state index in [1.54, 1.807) is 0 Å². The van der Waals surface area contributed by atoms with Crippen LogP contribution in [0, 0.1) is 5.92 Å². The fourth-order valence-electron chi connectivity index (χ4n) is 0.833. The summed E-state index contributed by atoms with van der Waals surface area (Å²) in [4.78, 5) is 13.4. The lowest BCUT2D eigenvalue weighted by Gasteiger charge is -2.20. The lowest BCUT2D eigenvalue weighted by molar-refractivity contribution is -0.122. The molecule has 0 aliphatic heterocycles. The third kappa shape index (κ3) is 4.50. The van der Waals surface area contributed by atoms with Gasteiger partial charge in [0.25, 0.3) is 0 Å². The van der Waals surface area contributed by atoms with Gasteiger partial charge in [0.1, 0.15) is 5.78 Å². The maximum atomic E-state index is 11.2. The molecule has 72 valence electrons. The lowest BCUT2D eigenvalue weighted by atomic mass is 10.1. The molecule has 0 aliphatic rings. The van der Waals surface area contributed by atoms with Crippen LogP contribution >= 0.6 is 0 Å². The second-order valence-electron chi connectivity index (χ2n) is 3.95. The molecule has 0 N–H and O–H groups in total. The van der Waals surface area contributed by atoms with Crippen molar-refractivity contribution < 1.29 is 4.79 Å². The molecular weight excluding hydrogens is 150 g/mol. The minimum absolute atomic E-state index is 0.186. The van der Waals surface area contributed by atoms with Crippen molar-refractivity contribution in [2.75, 3.05) is 13.6 Å². The van der Waals surface area contributed by atoms with E-state index in [-0.39, 0.29) is 5.92 Å². The summed E-state index contributed by atoms with van der Waals surface area (Å²) in [5.74, 6) is 0.549. The largest absolute Gasteiger partial charge is 0.304 e. The molecule has 12 heavy (non-hydrogen) atoms. The molecule has 0 bridgehead atoms. The minimum atomic E-state index is 0.186. The first-order chi connectivity index (χ1) is 5.45. The maximum Gasteiger partial charge on any atom is 0.136 e. The van der Waals surface area contributed by atoms with Gasteiger partial charge in [-0.05, 0) is 20.9 Å². The molecule has 2 nitrogen and oxygen atoms in total. The number of carbonyl (C=O) groups excluding carboxylic acids is 1. The topological polar surface area (TPSA) is 20.3 Å². The van der Waals surface area contributed by atoms with Crippen LogP contribution in [0.25, 0.3) is 0 Å². The monoisotopic (exact) mass is 171 g/mol. The number of hydrogen-bond donors (Lipinski definition) is 0. The fourth-order valence-corrected chi connectivity index (χ4v) is 0.833. The Bertz CT molecular complexity index is 141. The van der Waals surface area contributed by atoms with Gasteiger partial charge in [0.05, 0.1) is 0 Å². The first-order valence-corrected chi connectivity index (χ1v) is 4.68. The number of nitrogens with zero attached hydrogens (tertiary/aromatic N) is 1. The second kappa shape index (κ2) is 5.31. The van der Waals surface area contributed by atoms with Crippen molar-refractivity contribution in [2.45, 2.75) is 40.2 Å². The Morgan fingerprint density at radius 1 is 1.25 bits per heavy atom. The van der Waals surface area contributed by atoms with Crippen molar-refractivity contribution in [3.05, 3.63) is 0 Å². The maximum absolute atomic E-state index is 11.2. The number of ketones is 1. The summed E-state index contributed by atoms with van der Waals surface area (Å²) in [6.45, 7) is 9.07. The van der Waals surface area contributed by atoms with Gasteiger partial charge in [-0.25, -0.2) is 0 Å². The van der Waals surface area contributed by atoms with Gasteiger partial charge in [-0.2, -0.15) is 0 Å². The molecule has 2 heteroatoms. The van der Waals surface area contributed by atoms with Crippen LogP contribution < -0.4 is 0 Å². The summed E-state index contributed by atoms with van der Waals surface area (Å²) in [7, 11) is 2.05. The van der Waals surface area contributed by atoms with E-state index < -0.39 is 0 Å². The summed E-state index contributed by atoms with van der Waals surface area (Å²) >= 11 is 0. The van der Waals surface area contributed by atoms with Crippen molar-refractivity contribution >= 4 is 5.78 Å². The highest BCUT2D eigenvalue weighted by Gasteiger charge is 2.09. The van der Waals surface area contributed by atoms with Crippen molar-refractivity contribution in [1.29, 1.82) is 0 Å². The molecule has 0 amide bonds. The van der Waals surface area contributed by atoms with Gasteiger partial charge in [0.2, 0.25) is 0 Å². The van der Waals surface area contributed by atoms with Gasteiger partial charge < -0.3 is 4.90 Å². The van der Waals surface area contributed by atoms with Crippen LogP contribution in [0.3, 0.4) is 0 Å². The highest BCUT2D eigenvalue weighted by Crippen LogP contribution is 2.01. The van der Waals surface area contributed by atoms with Gasteiger partial charge in [0, 0.05) is 24.9 Å². The minimum Gasteiger partial charge on any atom is -0.304 e. The SMILES string of the molecule is CC(C)C(=O)CCN(C)C(C)C. The van der Waals surface area contributed by atoms with Gasteiger partial charge in [0.15, 0.2) is 0 Å². The first-order valence-electron chi connectivity index (χ1n) is 4.68. The van der Waals surface area contributed by atoms with E-state index in [2.05, 4.69) is 25.8 Å². The molecule has 0 heterocycles. The molecule has 0 unspecified atom stereocenters. The van der Waals surface area contributed by atoms with Crippen LogP contribution in [-0.4, -0.2) is 30.3 Å². The zero-order valence-corrected chi connectivity index (χ0v) is 8.92. The van der Waals surface area contributed by atoms with Crippen molar-refractivity contribution in [2.24, 2.45) is 5.92 Å². The average molecular weight is 171 g/mol. The highest BCUT2D eigenvalue weighted by molar-refractivity contribution is 5.80. The first kappa shape index (κ1) is 11.6. The molecule has 0 aliphatic carbocycles. The summed E-state index contributed by atoms with van der Waals surface area (Å²) in [5, 5.41) is 0. The van der Waals surface area contributed by atoms with Crippen LogP contribution in [0.15, 0.2) is 0 Å². The molecule has 0 rings (SSSR count). The number of hydrogen-bond acceptors (Lipinski definition) is 2. The molecule has 0 aromatic heterocycles. The Labute approximate surface area is 75.9 Å². The Hall–Kier alpha value is -0.370. The molecule has 0 aromatic rings. The Balaban J connectivity index is 3.61. The zero-order chi connectivity index (χ0) is 9.72. The van der Waals surface area contributed by atoms with Crippen LogP contribution in [0.2, 0.25) is 0 Å². The molecule has 0 atom stereocenters. The molecule has 0 saturated carbocycles. The summed E-state index contributed by atoms with van der Waals surface area (Å²) in [5.41, 5.74) is 0. The number of Topliss-reactive ketones (excluding diaryl/α,β-unsaturated/α-hetero) is 1. The molecule has 0 fully saturated rings. The second-order valence-corrected chi connectivity index (χ2v) is 3.95. The molecule has 0 saturated heterocycles. The van der Waals surface area contributed by atoms with Crippen molar-refractivity contribution in [3.8, 4) is 0 Å². The summed E-state index contributed by atoms with van der Waals surface area (Å²) < 4.78 is 0. The van der Waals surface area contributed by atoms with E-state index in [4.69, 9.17) is 0 Å². The molecule has 0 aromatic carbocycles. The highest BCUT2D eigenvalue weighted by atomic mass is 16.1. The number of carbonyl (C=O) groups is 1. The van der Waals surface area contributed by atoms with E-state index in [0.717, 1.165) is 6.54 Å². The normalized spacial score (nSPS) is 11.7. The summed E-state index contributed by atoms with van der Waals surface area (Å²) in [6, 6.07) is 0.532. The third-order valence-electron chi connectivity index (χ3n) is 2.24.